The SMILES string of the molecule is COc1cc(OC)cc(N(C[C@H](O)C(C)(F)F)c2ccc3ncc(-c4cnn(C)c4)nc3c2)c1. The summed E-state index contributed by atoms with van der Waals surface area (Å²) in [5.74, 6) is -2.33. The molecule has 0 aliphatic rings. The van der Waals surface area contributed by atoms with Gasteiger partial charge in [-0.2, -0.15) is 5.10 Å². The molecule has 0 unspecified atom stereocenters. The number of fused-ring (bicyclic) bond motifs is 1. The molecule has 4 rings (SSSR count). The number of aromatic nitrogens is 4. The Bertz CT molecular complexity index is 1280. The van der Waals surface area contributed by atoms with Gasteiger partial charge in [0.05, 0.1) is 49.9 Å². The van der Waals surface area contributed by atoms with Crippen LogP contribution in [0.25, 0.3) is 22.3 Å². The summed E-state index contributed by atoms with van der Waals surface area (Å²) in [7, 11) is 4.82. The van der Waals surface area contributed by atoms with Gasteiger partial charge in [-0.25, -0.2) is 13.8 Å². The molecule has 10 heteroatoms. The fourth-order valence-electron chi connectivity index (χ4n) is 3.50. The molecule has 4 aromatic rings. The summed E-state index contributed by atoms with van der Waals surface area (Å²) < 4.78 is 40.2. The van der Waals surface area contributed by atoms with E-state index in [9.17, 15) is 13.9 Å². The molecule has 0 saturated heterocycles. The van der Waals surface area contributed by atoms with Crippen LogP contribution in [0.2, 0.25) is 0 Å². The molecular weight excluding hydrogens is 444 g/mol. The topological polar surface area (TPSA) is 85.5 Å². The van der Waals surface area contributed by atoms with Gasteiger partial charge in [0.1, 0.15) is 17.6 Å². The molecule has 0 radical (unpaired) electrons. The number of aliphatic hydroxyl groups is 1. The lowest BCUT2D eigenvalue weighted by Gasteiger charge is -2.30. The molecular formula is C24H25F2N5O3. The van der Waals surface area contributed by atoms with E-state index in [1.807, 2.05) is 13.2 Å². The molecule has 1 N–H and O–H groups in total. The van der Waals surface area contributed by atoms with Gasteiger partial charge >= 0.3 is 0 Å². The van der Waals surface area contributed by atoms with E-state index in [2.05, 4.69) is 15.1 Å². The Morgan fingerprint density at radius 1 is 1.03 bits per heavy atom. The number of rotatable bonds is 8. The maximum Gasteiger partial charge on any atom is 0.272 e. The van der Waals surface area contributed by atoms with Crippen LogP contribution in [0.15, 0.2) is 55.0 Å². The first-order valence-electron chi connectivity index (χ1n) is 10.5. The Balaban J connectivity index is 1.82. The number of halogens is 2. The lowest BCUT2D eigenvalue weighted by atomic mass is 10.1. The van der Waals surface area contributed by atoms with Crippen molar-refractivity contribution in [2.75, 3.05) is 25.7 Å². The number of benzene rings is 2. The number of aliphatic hydroxyl groups excluding tert-OH is 1. The van der Waals surface area contributed by atoms with Gasteiger partial charge in [-0.15, -0.1) is 0 Å². The lowest BCUT2D eigenvalue weighted by Crippen LogP contribution is -2.40. The van der Waals surface area contributed by atoms with Crippen LogP contribution in [0, 0.1) is 0 Å². The third kappa shape index (κ3) is 4.91. The number of anilines is 2. The van der Waals surface area contributed by atoms with Gasteiger partial charge in [0.25, 0.3) is 5.92 Å². The summed E-state index contributed by atoms with van der Waals surface area (Å²) in [6, 6.07) is 10.3. The average molecular weight is 469 g/mol. The number of methoxy groups -OCH3 is 2. The van der Waals surface area contributed by atoms with E-state index in [-0.39, 0.29) is 6.54 Å². The standard InChI is InChI=1S/C24H25F2N5O3/c1-24(25,26)23(32)14-31(17-7-18(33-3)10-19(8-17)34-4)16-5-6-20-21(9-16)29-22(12-27-20)15-11-28-30(2)13-15/h5-13,23,32H,14H2,1-4H3/t23-/m0/s1. The molecule has 0 saturated carbocycles. The van der Waals surface area contributed by atoms with Gasteiger partial charge in [0.15, 0.2) is 0 Å². The zero-order valence-electron chi connectivity index (χ0n) is 19.2. The van der Waals surface area contributed by atoms with Crippen molar-refractivity contribution in [3.05, 3.63) is 55.0 Å². The second-order valence-electron chi connectivity index (χ2n) is 7.98. The predicted octanol–water partition coefficient (Wildman–Crippen LogP) is 4.20. The first-order valence-corrected chi connectivity index (χ1v) is 10.5. The van der Waals surface area contributed by atoms with Crippen molar-refractivity contribution in [3.8, 4) is 22.8 Å². The third-order valence-corrected chi connectivity index (χ3v) is 5.43. The molecule has 0 bridgehead atoms. The summed E-state index contributed by atoms with van der Waals surface area (Å²) in [4.78, 5) is 10.7. The van der Waals surface area contributed by atoms with Gasteiger partial charge in [-0.1, -0.05) is 0 Å². The summed E-state index contributed by atoms with van der Waals surface area (Å²) >= 11 is 0. The van der Waals surface area contributed by atoms with Crippen molar-refractivity contribution in [1.29, 1.82) is 0 Å². The van der Waals surface area contributed by atoms with Crippen molar-refractivity contribution in [2.45, 2.75) is 19.0 Å². The van der Waals surface area contributed by atoms with Gasteiger partial charge in [-0.3, -0.25) is 9.67 Å². The molecule has 8 nitrogen and oxygen atoms in total. The number of alkyl halides is 2. The van der Waals surface area contributed by atoms with Crippen LogP contribution in [-0.4, -0.2) is 57.6 Å². The zero-order chi connectivity index (χ0) is 24.5. The monoisotopic (exact) mass is 469 g/mol. The van der Waals surface area contributed by atoms with Crippen molar-refractivity contribution < 1.29 is 23.4 Å². The maximum atomic E-state index is 13.9. The molecule has 0 amide bonds. The third-order valence-electron chi connectivity index (χ3n) is 5.43. The van der Waals surface area contributed by atoms with Crippen LogP contribution in [-0.2, 0) is 7.05 Å². The number of aryl methyl sites for hydroxylation is 1. The Hall–Kier alpha value is -3.79. The number of hydrogen-bond donors (Lipinski definition) is 1. The second kappa shape index (κ2) is 9.22. The van der Waals surface area contributed by atoms with Crippen LogP contribution in [0.3, 0.4) is 0 Å². The minimum Gasteiger partial charge on any atom is -0.497 e. The summed E-state index contributed by atoms with van der Waals surface area (Å²) in [5.41, 5.74) is 3.70. The Labute approximate surface area is 195 Å². The lowest BCUT2D eigenvalue weighted by molar-refractivity contribution is -0.0878. The minimum absolute atomic E-state index is 0.374. The molecule has 2 heterocycles. The number of nitrogens with zero attached hydrogens (tertiary/aromatic N) is 5. The predicted molar refractivity (Wildman–Crippen MR) is 125 cm³/mol. The van der Waals surface area contributed by atoms with E-state index >= 15 is 0 Å². The molecule has 0 aliphatic heterocycles. The van der Waals surface area contributed by atoms with E-state index in [0.29, 0.717) is 46.5 Å². The first kappa shape index (κ1) is 23.4. The van der Waals surface area contributed by atoms with Crippen molar-refractivity contribution >= 4 is 22.4 Å². The Kier molecular flexibility index (Phi) is 6.34. The molecule has 0 spiro atoms. The molecule has 1 atom stereocenters. The number of ether oxygens (including phenoxy) is 2. The first-order chi connectivity index (χ1) is 16.2. The highest BCUT2D eigenvalue weighted by Crippen LogP contribution is 2.35. The van der Waals surface area contributed by atoms with Gasteiger partial charge < -0.3 is 19.5 Å². The highest BCUT2D eigenvalue weighted by atomic mass is 19.3. The molecule has 0 aliphatic carbocycles. The van der Waals surface area contributed by atoms with E-state index in [1.165, 1.54) is 14.2 Å². The highest BCUT2D eigenvalue weighted by molar-refractivity contribution is 5.82. The summed E-state index contributed by atoms with van der Waals surface area (Å²) in [6.07, 6.45) is 3.25. The van der Waals surface area contributed by atoms with Crippen LogP contribution in [0.4, 0.5) is 20.2 Å². The van der Waals surface area contributed by atoms with Crippen LogP contribution in [0.1, 0.15) is 6.92 Å². The Morgan fingerprint density at radius 2 is 1.74 bits per heavy atom. The van der Waals surface area contributed by atoms with Crippen LogP contribution < -0.4 is 14.4 Å². The quantitative estimate of drug-likeness (QED) is 0.414. The van der Waals surface area contributed by atoms with E-state index in [0.717, 1.165) is 5.56 Å². The van der Waals surface area contributed by atoms with E-state index < -0.39 is 12.0 Å². The zero-order valence-corrected chi connectivity index (χ0v) is 19.2. The number of hydrogen-bond acceptors (Lipinski definition) is 7. The highest BCUT2D eigenvalue weighted by Gasteiger charge is 2.34. The normalized spacial score (nSPS) is 12.6. The molecule has 2 aromatic carbocycles. The summed E-state index contributed by atoms with van der Waals surface area (Å²) in [5, 5.41) is 14.4. The van der Waals surface area contributed by atoms with E-state index in [4.69, 9.17) is 9.47 Å². The van der Waals surface area contributed by atoms with Crippen LogP contribution in [0.5, 0.6) is 11.5 Å². The van der Waals surface area contributed by atoms with Gasteiger partial charge in [0, 0.05) is 55.3 Å². The largest absolute Gasteiger partial charge is 0.497 e. The fourth-order valence-corrected chi connectivity index (χ4v) is 3.50. The van der Waals surface area contributed by atoms with E-state index in [1.54, 1.807) is 58.4 Å². The van der Waals surface area contributed by atoms with Crippen LogP contribution >= 0.6 is 0 Å². The van der Waals surface area contributed by atoms with Crippen molar-refractivity contribution in [3.63, 3.8) is 0 Å². The minimum atomic E-state index is -3.30. The second-order valence-corrected chi connectivity index (χ2v) is 7.98. The molecule has 178 valence electrons. The average Bonchev–Trinajstić information content (AvgIpc) is 3.26. The van der Waals surface area contributed by atoms with Gasteiger partial charge in [-0.05, 0) is 18.2 Å². The molecule has 34 heavy (non-hydrogen) atoms. The van der Waals surface area contributed by atoms with Gasteiger partial charge in [0.2, 0.25) is 0 Å². The summed E-state index contributed by atoms with van der Waals surface area (Å²) in [6.45, 7) is 0.315. The van der Waals surface area contributed by atoms with Crippen molar-refractivity contribution in [2.24, 2.45) is 7.05 Å². The fraction of sp³-hybridized carbons (Fsp3) is 0.292. The molecule has 2 aromatic heterocycles. The molecule has 0 fully saturated rings. The Morgan fingerprint density at radius 3 is 2.32 bits per heavy atom. The maximum absolute atomic E-state index is 13.9. The smallest absolute Gasteiger partial charge is 0.272 e. The van der Waals surface area contributed by atoms with Crippen molar-refractivity contribution in [1.82, 2.24) is 19.7 Å².